The van der Waals surface area contributed by atoms with Crippen molar-refractivity contribution in [2.75, 3.05) is 13.7 Å². The number of carbonyl (C=O) groups is 1. The molecule has 1 rings (SSSR count). The molecule has 10 heavy (non-hydrogen) atoms. The third kappa shape index (κ3) is 1.94. The van der Waals surface area contributed by atoms with E-state index in [1.807, 2.05) is 0 Å². The van der Waals surface area contributed by atoms with Gasteiger partial charge >= 0.3 is 5.97 Å². The van der Waals surface area contributed by atoms with Gasteiger partial charge in [-0.15, -0.1) is 0 Å². The van der Waals surface area contributed by atoms with E-state index in [2.05, 4.69) is 4.74 Å². The van der Waals surface area contributed by atoms with Crippen molar-refractivity contribution >= 4 is 5.97 Å². The van der Waals surface area contributed by atoms with Gasteiger partial charge in [0.05, 0.1) is 0 Å². The normalized spacial score (nSPS) is 30.6. The highest BCUT2D eigenvalue weighted by Crippen LogP contribution is 2.05. The molecule has 0 saturated carbocycles. The molecule has 5 heteroatoms. The fourth-order valence-electron chi connectivity index (χ4n) is 0.501. The van der Waals surface area contributed by atoms with Crippen LogP contribution in [0, 0.1) is 0 Å². The smallest absolute Gasteiger partial charge is 0.337 e. The van der Waals surface area contributed by atoms with Crippen LogP contribution in [-0.4, -0.2) is 47.2 Å². The zero-order valence-corrected chi connectivity index (χ0v) is 5.52. The van der Waals surface area contributed by atoms with Gasteiger partial charge in [0, 0.05) is 7.11 Å². The first-order chi connectivity index (χ1) is 4.72. The second kappa shape index (κ2) is 4.21. The van der Waals surface area contributed by atoms with Crippen LogP contribution in [-0.2, 0) is 9.53 Å². The summed E-state index contributed by atoms with van der Waals surface area (Å²) in [5.41, 5.74) is 0. The third-order valence-corrected chi connectivity index (χ3v) is 1.00. The molecule has 0 bridgehead atoms. The van der Waals surface area contributed by atoms with Gasteiger partial charge in [0.15, 0.2) is 6.10 Å². The molecule has 1 fully saturated rings. The van der Waals surface area contributed by atoms with Crippen molar-refractivity contribution in [3.63, 3.8) is 0 Å². The second-order valence-corrected chi connectivity index (χ2v) is 1.64. The fourth-order valence-corrected chi connectivity index (χ4v) is 0.501. The van der Waals surface area contributed by atoms with Crippen molar-refractivity contribution in [1.82, 2.24) is 0 Å². The van der Waals surface area contributed by atoms with Gasteiger partial charge in [-0.2, -0.15) is 0 Å². The average Bonchev–Trinajstić information content (AvgIpc) is 2.25. The minimum absolute atomic E-state index is 0.0833. The van der Waals surface area contributed by atoms with Crippen LogP contribution in [0.15, 0.2) is 0 Å². The first kappa shape index (κ1) is 9.35. The summed E-state index contributed by atoms with van der Waals surface area (Å²) in [6.07, 6.45) is -2.35. The monoisotopic (exact) mass is 150 g/mol. The minimum Gasteiger partial charge on any atom is -0.461 e. The van der Waals surface area contributed by atoms with Crippen molar-refractivity contribution < 1.29 is 24.9 Å². The number of ether oxygens (including phenoxy) is 1. The topological polar surface area (TPSA) is 87.0 Å². The van der Waals surface area contributed by atoms with Crippen LogP contribution in [0.2, 0.25) is 0 Å². The Morgan fingerprint density at radius 1 is 1.50 bits per heavy atom. The van der Waals surface area contributed by atoms with Crippen LogP contribution in [0.25, 0.3) is 0 Å². The van der Waals surface area contributed by atoms with E-state index in [0.29, 0.717) is 0 Å². The Hall–Kier alpha value is -0.650. The van der Waals surface area contributed by atoms with Crippen LogP contribution in [0.5, 0.6) is 0 Å². The number of aliphatic hydroxyl groups excluding tert-OH is 3. The first-order valence-corrected chi connectivity index (χ1v) is 2.69. The number of aliphatic hydroxyl groups is 3. The lowest BCUT2D eigenvalue weighted by atomic mass is 10.3. The van der Waals surface area contributed by atoms with Crippen LogP contribution in [0.3, 0.4) is 0 Å². The molecule has 2 atom stereocenters. The molecule has 1 aliphatic heterocycles. The maximum atomic E-state index is 10.2. The molecule has 0 aromatic rings. The van der Waals surface area contributed by atoms with Gasteiger partial charge in [0.25, 0.3) is 0 Å². The summed E-state index contributed by atoms with van der Waals surface area (Å²) in [5, 5.41) is 24.1. The summed E-state index contributed by atoms with van der Waals surface area (Å²) in [5.74, 6) is -0.738. The van der Waals surface area contributed by atoms with Gasteiger partial charge in [-0.05, 0) is 0 Å². The Morgan fingerprint density at radius 3 is 2.10 bits per heavy atom. The molecule has 0 aromatic carbocycles. The molecule has 5 nitrogen and oxygen atoms in total. The lowest BCUT2D eigenvalue weighted by Gasteiger charge is -1.97. The fraction of sp³-hybridized carbons (Fsp3) is 0.800. The summed E-state index contributed by atoms with van der Waals surface area (Å²) < 4.78 is 4.24. The molecule has 0 aromatic heterocycles. The van der Waals surface area contributed by atoms with Crippen LogP contribution < -0.4 is 0 Å². The van der Waals surface area contributed by atoms with Gasteiger partial charge in [-0.25, -0.2) is 4.79 Å². The number of cyclic esters (lactones) is 1. The van der Waals surface area contributed by atoms with Gasteiger partial charge in [0.1, 0.15) is 12.7 Å². The Kier molecular flexibility index (Phi) is 3.94. The zero-order chi connectivity index (χ0) is 8.15. The highest BCUT2D eigenvalue weighted by molar-refractivity contribution is 5.77. The highest BCUT2D eigenvalue weighted by Gasteiger charge is 2.33. The van der Waals surface area contributed by atoms with Crippen molar-refractivity contribution in [1.29, 1.82) is 0 Å². The van der Waals surface area contributed by atoms with Gasteiger partial charge in [-0.3, -0.25) is 0 Å². The molecule has 1 aliphatic rings. The minimum atomic E-state index is -1.32. The third-order valence-electron chi connectivity index (χ3n) is 1.00. The lowest BCUT2D eigenvalue weighted by molar-refractivity contribution is -0.145. The van der Waals surface area contributed by atoms with Crippen molar-refractivity contribution in [3.05, 3.63) is 0 Å². The Morgan fingerprint density at radius 2 is 2.00 bits per heavy atom. The second-order valence-electron chi connectivity index (χ2n) is 1.64. The predicted molar refractivity (Wildman–Crippen MR) is 31.1 cm³/mol. The summed E-state index contributed by atoms with van der Waals surface area (Å²) in [4.78, 5) is 10.2. The van der Waals surface area contributed by atoms with Crippen molar-refractivity contribution in [2.24, 2.45) is 0 Å². The van der Waals surface area contributed by atoms with Crippen molar-refractivity contribution in [3.8, 4) is 0 Å². The van der Waals surface area contributed by atoms with E-state index in [0.717, 1.165) is 7.11 Å². The Labute approximate surface area is 57.9 Å². The van der Waals surface area contributed by atoms with Crippen molar-refractivity contribution in [2.45, 2.75) is 12.2 Å². The molecule has 0 amide bonds. The molecular weight excluding hydrogens is 140 g/mol. The Balaban J connectivity index is 0.000000371. The first-order valence-electron chi connectivity index (χ1n) is 2.69. The molecule has 1 heterocycles. The van der Waals surface area contributed by atoms with E-state index in [1.54, 1.807) is 0 Å². The van der Waals surface area contributed by atoms with Crippen LogP contribution >= 0.6 is 0 Å². The quantitative estimate of drug-likeness (QED) is 0.343. The van der Waals surface area contributed by atoms with E-state index in [9.17, 15) is 4.79 Å². The summed E-state index contributed by atoms with van der Waals surface area (Å²) in [6, 6.07) is 0. The van der Waals surface area contributed by atoms with Crippen LogP contribution in [0.1, 0.15) is 0 Å². The molecule has 0 spiro atoms. The number of hydrogen-bond donors (Lipinski definition) is 3. The number of hydrogen-bond acceptors (Lipinski definition) is 5. The maximum absolute atomic E-state index is 10.2. The lowest BCUT2D eigenvalue weighted by Crippen LogP contribution is -2.25. The van der Waals surface area contributed by atoms with E-state index >= 15 is 0 Å². The summed E-state index contributed by atoms with van der Waals surface area (Å²) in [7, 11) is 1.00. The van der Waals surface area contributed by atoms with E-state index < -0.39 is 18.2 Å². The Bertz CT molecular complexity index is 113. The molecule has 0 radical (unpaired) electrons. The summed E-state index contributed by atoms with van der Waals surface area (Å²) in [6.45, 7) is -0.0833. The molecule has 3 N–H and O–H groups in total. The number of carbonyl (C=O) groups excluding carboxylic acids is 1. The van der Waals surface area contributed by atoms with E-state index in [-0.39, 0.29) is 6.61 Å². The number of esters is 1. The van der Waals surface area contributed by atoms with Gasteiger partial charge < -0.3 is 20.1 Å². The molecule has 0 aliphatic carbocycles. The SMILES string of the molecule is CO.O=C1OCC(O)C1O. The van der Waals surface area contributed by atoms with Gasteiger partial charge in [-0.1, -0.05) is 0 Å². The average molecular weight is 150 g/mol. The van der Waals surface area contributed by atoms with E-state index in [4.69, 9.17) is 15.3 Å². The molecule has 1 saturated heterocycles. The molecular formula is C5H10O5. The maximum Gasteiger partial charge on any atom is 0.337 e. The number of rotatable bonds is 0. The standard InChI is InChI=1S/C4H6O4.CH4O/c5-2-1-8-4(7)3(2)6;1-2/h2-3,5-6H,1H2;2H,1H3. The summed E-state index contributed by atoms with van der Waals surface area (Å²) >= 11 is 0. The largest absolute Gasteiger partial charge is 0.461 e. The van der Waals surface area contributed by atoms with E-state index in [1.165, 1.54) is 0 Å². The van der Waals surface area contributed by atoms with Gasteiger partial charge in [0.2, 0.25) is 0 Å². The van der Waals surface area contributed by atoms with Crippen LogP contribution in [0.4, 0.5) is 0 Å². The molecule has 60 valence electrons. The predicted octanol–water partition coefficient (Wildman–Crippen LogP) is -2.13. The zero-order valence-electron chi connectivity index (χ0n) is 5.52. The molecule has 2 unspecified atom stereocenters. The highest BCUT2D eigenvalue weighted by atomic mass is 16.6.